The Morgan fingerprint density at radius 3 is 2.79 bits per heavy atom. The Labute approximate surface area is 196 Å². The molecule has 0 aliphatic heterocycles. The minimum Gasteiger partial charge on any atom is -0.490 e. The molecule has 0 amide bonds. The van der Waals surface area contributed by atoms with Crippen molar-refractivity contribution >= 4 is 16.9 Å². The van der Waals surface area contributed by atoms with Crippen molar-refractivity contribution in [3.8, 4) is 17.0 Å². The van der Waals surface area contributed by atoms with Gasteiger partial charge < -0.3 is 14.0 Å². The molecule has 1 aliphatic carbocycles. The number of hydrogen-bond acceptors (Lipinski definition) is 4. The van der Waals surface area contributed by atoms with Crippen LogP contribution in [0.2, 0.25) is 0 Å². The van der Waals surface area contributed by atoms with Crippen LogP contribution in [0.4, 0.5) is 0 Å². The maximum absolute atomic E-state index is 11.6. The van der Waals surface area contributed by atoms with Crippen LogP contribution in [0.25, 0.3) is 22.2 Å². The summed E-state index contributed by atoms with van der Waals surface area (Å²) in [4.78, 5) is 16.0. The second kappa shape index (κ2) is 10.2. The number of hydrogen-bond donors (Lipinski definition) is 0. The fraction of sp³-hybridized carbons (Fsp3) is 0.429. The number of carbonyl (C=O) groups is 1. The molecule has 1 aromatic carbocycles. The Bertz CT molecular complexity index is 1100. The zero-order valence-corrected chi connectivity index (χ0v) is 19.9. The molecule has 3 atom stereocenters. The predicted octanol–water partition coefficient (Wildman–Crippen LogP) is 6.41. The third-order valence-corrected chi connectivity index (χ3v) is 6.63. The zero-order valence-electron chi connectivity index (χ0n) is 19.9. The van der Waals surface area contributed by atoms with E-state index in [0.29, 0.717) is 5.92 Å². The summed E-state index contributed by atoms with van der Waals surface area (Å²) in [6.45, 7) is 11.1. The third-order valence-electron chi connectivity index (χ3n) is 6.63. The highest BCUT2D eigenvalue weighted by atomic mass is 16.5. The van der Waals surface area contributed by atoms with Crippen LogP contribution in [0.3, 0.4) is 0 Å². The van der Waals surface area contributed by atoms with Crippen LogP contribution in [0, 0.1) is 11.8 Å². The molecule has 1 saturated carbocycles. The SMILES string of the molecule is C=CC(=O)OC1CCC(Oc2ccc3cc(-c4cccnc4)n(CCCC(C)C)c3c2)C1C. The lowest BCUT2D eigenvalue weighted by Crippen LogP contribution is -2.27. The first-order chi connectivity index (χ1) is 16.0. The summed E-state index contributed by atoms with van der Waals surface area (Å²) >= 11 is 0. The lowest BCUT2D eigenvalue weighted by Gasteiger charge is -2.22. The van der Waals surface area contributed by atoms with E-state index < -0.39 is 0 Å². The van der Waals surface area contributed by atoms with Crippen molar-refractivity contribution in [3.63, 3.8) is 0 Å². The molecule has 2 aromatic heterocycles. The molecule has 2 heterocycles. The molecule has 5 heteroatoms. The molecule has 0 saturated heterocycles. The van der Waals surface area contributed by atoms with Gasteiger partial charge in [0.15, 0.2) is 0 Å². The first-order valence-electron chi connectivity index (χ1n) is 12.0. The molecular weight excluding hydrogens is 412 g/mol. The smallest absolute Gasteiger partial charge is 0.330 e. The van der Waals surface area contributed by atoms with Crippen molar-refractivity contribution in [1.82, 2.24) is 9.55 Å². The van der Waals surface area contributed by atoms with E-state index in [2.05, 4.69) is 61.2 Å². The summed E-state index contributed by atoms with van der Waals surface area (Å²) in [5.74, 6) is 1.31. The largest absolute Gasteiger partial charge is 0.490 e. The average molecular weight is 447 g/mol. The summed E-state index contributed by atoms with van der Waals surface area (Å²) < 4.78 is 14.3. The van der Waals surface area contributed by atoms with Crippen LogP contribution in [0.1, 0.15) is 46.5 Å². The highest BCUT2D eigenvalue weighted by Crippen LogP contribution is 2.35. The Morgan fingerprint density at radius 2 is 2.06 bits per heavy atom. The molecule has 0 N–H and O–H groups in total. The molecule has 3 aromatic rings. The number of nitrogens with zero attached hydrogens (tertiary/aromatic N) is 2. The summed E-state index contributed by atoms with van der Waals surface area (Å²) in [5, 5.41) is 1.20. The fourth-order valence-electron chi connectivity index (χ4n) is 4.76. The summed E-state index contributed by atoms with van der Waals surface area (Å²) in [6, 6.07) is 12.7. The van der Waals surface area contributed by atoms with Crippen molar-refractivity contribution in [2.24, 2.45) is 11.8 Å². The van der Waals surface area contributed by atoms with Gasteiger partial charge in [-0.15, -0.1) is 0 Å². The van der Waals surface area contributed by atoms with Gasteiger partial charge in [0.2, 0.25) is 0 Å². The Balaban J connectivity index is 1.59. The van der Waals surface area contributed by atoms with E-state index in [1.165, 1.54) is 29.1 Å². The van der Waals surface area contributed by atoms with Gasteiger partial charge in [0.05, 0.1) is 11.2 Å². The van der Waals surface area contributed by atoms with Crippen LogP contribution in [0.15, 0.2) is 61.4 Å². The zero-order chi connectivity index (χ0) is 23.4. The standard InChI is InChI=1S/C28H34N2O3/c1-5-28(31)33-27-13-12-26(20(27)4)32-23-11-10-21-16-24(22-9-6-14-29-18-22)30(25(21)17-23)15-7-8-19(2)3/h5-6,9-11,14,16-20,26-27H,1,7-8,12-13,15H2,2-4H3. The predicted molar refractivity (Wildman–Crippen MR) is 132 cm³/mol. The van der Waals surface area contributed by atoms with Crippen LogP contribution >= 0.6 is 0 Å². The molecule has 5 nitrogen and oxygen atoms in total. The minimum absolute atomic E-state index is 0.0206. The number of ether oxygens (including phenoxy) is 2. The van der Waals surface area contributed by atoms with Gasteiger partial charge in [-0.1, -0.05) is 27.4 Å². The van der Waals surface area contributed by atoms with Gasteiger partial charge in [0.25, 0.3) is 0 Å². The summed E-state index contributed by atoms with van der Waals surface area (Å²) in [5.41, 5.74) is 3.48. The highest BCUT2D eigenvalue weighted by Gasteiger charge is 2.36. The van der Waals surface area contributed by atoms with Gasteiger partial charge in [-0.05, 0) is 61.9 Å². The van der Waals surface area contributed by atoms with E-state index in [-0.39, 0.29) is 24.1 Å². The minimum atomic E-state index is -0.365. The van der Waals surface area contributed by atoms with Gasteiger partial charge in [-0.25, -0.2) is 4.79 Å². The van der Waals surface area contributed by atoms with Crippen molar-refractivity contribution in [3.05, 3.63) is 61.4 Å². The van der Waals surface area contributed by atoms with Crippen molar-refractivity contribution in [1.29, 1.82) is 0 Å². The molecule has 1 fully saturated rings. The molecule has 33 heavy (non-hydrogen) atoms. The number of aryl methyl sites for hydroxylation is 1. The normalized spacial score (nSPS) is 20.3. The van der Waals surface area contributed by atoms with Crippen molar-refractivity contribution < 1.29 is 14.3 Å². The third kappa shape index (κ3) is 5.29. The molecule has 4 rings (SSSR count). The van der Waals surface area contributed by atoms with Crippen molar-refractivity contribution in [2.75, 3.05) is 0 Å². The number of rotatable bonds is 9. The lowest BCUT2D eigenvalue weighted by atomic mass is 10.1. The van der Waals surface area contributed by atoms with E-state index >= 15 is 0 Å². The summed E-state index contributed by atoms with van der Waals surface area (Å²) in [7, 11) is 0. The molecule has 0 bridgehead atoms. The van der Waals surface area contributed by atoms with E-state index in [0.717, 1.165) is 37.1 Å². The van der Waals surface area contributed by atoms with Gasteiger partial charge in [0.1, 0.15) is 18.0 Å². The maximum atomic E-state index is 11.6. The van der Waals surface area contributed by atoms with Crippen LogP contribution in [-0.2, 0) is 16.1 Å². The second-order valence-corrected chi connectivity index (χ2v) is 9.45. The second-order valence-electron chi connectivity index (χ2n) is 9.45. The monoisotopic (exact) mass is 446 g/mol. The Kier molecular flexibility index (Phi) is 7.17. The Hall–Kier alpha value is -3.08. The van der Waals surface area contributed by atoms with Gasteiger partial charge in [0, 0.05) is 47.9 Å². The first-order valence-corrected chi connectivity index (χ1v) is 12.0. The van der Waals surface area contributed by atoms with Crippen LogP contribution in [-0.4, -0.2) is 27.7 Å². The number of fused-ring (bicyclic) bond motifs is 1. The summed E-state index contributed by atoms with van der Waals surface area (Å²) in [6.07, 6.45) is 8.84. The van der Waals surface area contributed by atoms with E-state index in [1.807, 2.05) is 24.5 Å². The highest BCUT2D eigenvalue weighted by molar-refractivity contribution is 5.88. The molecular formula is C28H34N2O3. The molecule has 174 valence electrons. The van der Waals surface area contributed by atoms with Crippen LogP contribution < -0.4 is 4.74 Å². The quantitative estimate of drug-likeness (QED) is 0.281. The molecule has 3 unspecified atom stereocenters. The lowest BCUT2D eigenvalue weighted by molar-refractivity contribution is -0.144. The molecule has 0 radical (unpaired) electrons. The van der Waals surface area contributed by atoms with Gasteiger partial charge >= 0.3 is 5.97 Å². The molecule has 1 aliphatic rings. The number of aromatic nitrogens is 2. The number of pyridine rings is 1. The van der Waals surface area contributed by atoms with Gasteiger partial charge in [-0.3, -0.25) is 4.98 Å². The van der Waals surface area contributed by atoms with E-state index in [4.69, 9.17) is 9.47 Å². The van der Waals surface area contributed by atoms with E-state index in [1.54, 1.807) is 0 Å². The van der Waals surface area contributed by atoms with E-state index in [9.17, 15) is 4.79 Å². The van der Waals surface area contributed by atoms with Crippen LogP contribution in [0.5, 0.6) is 5.75 Å². The first kappa shape index (κ1) is 23.1. The fourth-order valence-corrected chi connectivity index (χ4v) is 4.76. The number of carbonyl (C=O) groups excluding carboxylic acids is 1. The number of esters is 1. The number of benzene rings is 1. The van der Waals surface area contributed by atoms with Crippen molar-refractivity contribution in [2.45, 2.75) is 65.2 Å². The maximum Gasteiger partial charge on any atom is 0.330 e. The molecule has 0 spiro atoms. The Morgan fingerprint density at radius 1 is 1.24 bits per heavy atom. The topological polar surface area (TPSA) is 53.4 Å². The average Bonchev–Trinajstić information content (AvgIpc) is 3.34. The van der Waals surface area contributed by atoms with Gasteiger partial charge in [-0.2, -0.15) is 0 Å².